The highest BCUT2D eigenvalue weighted by Crippen LogP contribution is 2.14. The summed E-state index contributed by atoms with van der Waals surface area (Å²) in [6.45, 7) is 4.31. The van der Waals surface area contributed by atoms with Crippen LogP contribution in [0, 0.1) is 5.82 Å². The molecule has 0 aliphatic carbocycles. The lowest BCUT2D eigenvalue weighted by Gasteiger charge is -2.24. The summed E-state index contributed by atoms with van der Waals surface area (Å²) in [5.74, 6) is -0.878. The molecule has 1 fully saturated rings. The summed E-state index contributed by atoms with van der Waals surface area (Å²) < 4.78 is 24.6. The molecule has 0 atom stereocenters. The molecule has 1 aromatic carbocycles. The fourth-order valence-corrected chi connectivity index (χ4v) is 3.02. The summed E-state index contributed by atoms with van der Waals surface area (Å²) in [4.78, 5) is 25.0. The minimum Gasteiger partial charge on any atom is -0.469 e. The lowest BCUT2D eigenvalue weighted by atomic mass is 10.1. The Morgan fingerprint density at radius 3 is 2.57 bits per heavy atom. The molecule has 1 N–H and O–H groups in total. The van der Waals surface area contributed by atoms with Gasteiger partial charge in [0.25, 0.3) is 5.56 Å². The van der Waals surface area contributed by atoms with Crippen molar-refractivity contribution in [2.75, 3.05) is 33.4 Å². The van der Waals surface area contributed by atoms with Crippen LogP contribution in [0.4, 0.5) is 4.39 Å². The first-order valence-electron chi connectivity index (χ1n) is 9.10. The zero-order valence-electron chi connectivity index (χ0n) is 15.9. The van der Waals surface area contributed by atoms with E-state index in [1.807, 2.05) is 11.9 Å². The summed E-state index contributed by atoms with van der Waals surface area (Å²) >= 11 is 0. The van der Waals surface area contributed by atoms with E-state index in [4.69, 9.17) is 9.47 Å². The fourth-order valence-electron chi connectivity index (χ4n) is 3.02. The van der Waals surface area contributed by atoms with Gasteiger partial charge in [-0.15, -0.1) is 0 Å². The highest BCUT2D eigenvalue weighted by molar-refractivity contribution is 6.01. The number of methoxy groups -OCH3 is 1. The maximum absolute atomic E-state index is 13.3. The second kappa shape index (κ2) is 8.83. The molecule has 9 heteroatoms. The molecule has 1 aromatic heterocycles. The Kier molecular flexibility index (Phi) is 6.25. The van der Waals surface area contributed by atoms with Crippen LogP contribution in [0.2, 0.25) is 0 Å². The molecule has 0 radical (unpaired) electrons. The quantitative estimate of drug-likeness (QED) is 0.596. The van der Waals surface area contributed by atoms with Crippen molar-refractivity contribution in [2.45, 2.75) is 19.8 Å². The number of ether oxygens (including phenoxy) is 2. The minimum absolute atomic E-state index is 0.0998. The van der Waals surface area contributed by atoms with Crippen LogP contribution >= 0.6 is 0 Å². The van der Waals surface area contributed by atoms with Crippen LogP contribution in [0.5, 0.6) is 0 Å². The van der Waals surface area contributed by atoms with Gasteiger partial charge in [0.1, 0.15) is 5.82 Å². The third kappa shape index (κ3) is 4.30. The number of nitrogens with one attached hydrogen (secondary N) is 1. The summed E-state index contributed by atoms with van der Waals surface area (Å²) in [6.07, 6.45) is 0.402. The number of esters is 1. The number of carbonyl (C=O) groups is 1. The van der Waals surface area contributed by atoms with E-state index in [1.54, 1.807) is 0 Å². The Balaban J connectivity index is 2.08. The SMILES string of the molecule is CCC(=NN1CCOCC1)c1c(CC(=O)OC)[nH]n(-c2ccc(F)cc2)c1=O. The Bertz CT molecular complexity index is 911. The second-order valence-electron chi connectivity index (χ2n) is 6.30. The topological polar surface area (TPSA) is 88.9 Å². The molecule has 8 nitrogen and oxygen atoms in total. The second-order valence-corrected chi connectivity index (χ2v) is 6.30. The smallest absolute Gasteiger partial charge is 0.311 e. The van der Waals surface area contributed by atoms with Crippen LogP contribution in [0.1, 0.15) is 24.6 Å². The Morgan fingerprint density at radius 1 is 1.29 bits per heavy atom. The number of benzene rings is 1. The standard InChI is InChI=1S/C19H23FN4O4/c1-3-15(21-23-8-10-28-11-9-23)18-16(12-17(25)27-2)22-24(19(18)26)14-6-4-13(20)5-7-14/h4-7,22H,3,8-12H2,1-2H3. The molecule has 2 heterocycles. The normalized spacial score (nSPS) is 15.0. The monoisotopic (exact) mass is 390 g/mol. The van der Waals surface area contributed by atoms with Gasteiger partial charge in [-0.2, -0.15) is 5.10 Å². The largest absolute Gasteiger partial charge is 0.469 e. The lowest BCUT2D eigenvalue weighted by Crippen LogP contribution is -2.34. The van der Waals surface area contributed by atoms with Crippen molar-refractivity contribution < 1.29 is 18.7 Å². The lowest BCUT2D eigenvalue weighted by molar-refractivity contribution is -0.139. The van der Waals surface area contributed by atoms with Gasteiger partial charge in [0, 0.05) is 0 Å². The number of halogens is 1. The molecule has 150 valence electrons. The summed E-state index contributed by atoms with van der Waals surface area (Å²) in [5.41, 5.74) is 1.44. The minimum atomic E-state index is -0.476. The molecule has 0 bridgehead atoms. The fraction of sp³-hybridized carbons (Fsp3) is 0.421. The summed E-state index contributed by atoms with van der Waals surface area (Å²) in [6, 6.07) is 5.52. The van der Waals surface area contributed by atoms with Crippen molar-refractivity contribution in [1.29, 1.82) is 0 Å². The van der Waals surface area contributed by atoms with Crippen molar-refractivity contribution in [3.8, 4) is 5.69 Å². The highest BCUT2D eigenvalue weighted by Gasteiger charge is 2.23. The molecule has 0 unspecified atom stereocenters. The van der Waals surface area contributed by atoms with Gasteiger partial charge in [0.05, 0.1) is 62.5 Å². The van der Waals surface area contributed by atoms with Crippen molar-refractivity contribution in [3.05, 3.63) is 51.7 Å². The van der Waals surface area contributed by atoms with Gasteiger partial charge in [-0.3, -0.25) is 19.7 Å². The van der Waals surface area contributed by atoms with Crippen LogP contribution in [0.15, 0.2) is 34.2 Å². The van der Waals surface area contributed by atoms with Gasteiger partial charge in [-0.25, -0.2) is 9.07 Å². The Labute approximate surface area is 161 Å². The van der Waals surface area contributed by atoms with E-state index in [0.29, 0.717) is 55.4 Å². The molecule has 1 aliphatic rings. The number of hydrogen-bond donors (Lipinski definition) is 1. The van der Waals surface area contributed by atoms with Gasteiger partial charge in [0.15, 0.2) is 0 Å². The molecule has 2 aromatic rings. The van der Waals surface area contributed by atoms with Crippen molar-refractivity contribution in [1.82, 2.24) is 14.8 Å². The Morgan fingerprint density at radius 2 is 1.96 bits per heavy atom. The van der Waals surface area contributed by atoms with Crippen LogP contribution in [-0.2, 0) is 20.7 Å². The molecule has 28 heavy (non-hydrogen) atoms. The van der Waals surface area contributed by atoms with E-state index in [-0.39, 0.29) is 12.0 Å². The zero-order chi connectivity index (χ0) is 20.1. The van der Waals surface area contributed by atoms with E-state index in [1.165, 1.54) is 36.1 Å². The van der Waals surface area contributed by atoms with Crippen LogP contribution < -0.4 is 5.56 Å². The van der Waals surface area contributed by atoms with Crippen molar-refractivity contribution in [3.63, 3.8) is 0 Å². The van der Waals surface area contributed by atoms with Gasteiger partial charge < -0.3 is 9.47 Å². The molecule has 1 aliphatic heterocycles. The number of H-pyrrole nitrogens is 1. The number of carbonyl (C=O) groups excluding carboxylic acids is 1. The molecule has 0 saturated carbocycles. The highest BCUT2D eigenvalue weighted by atomic mass is 19.1. The first-order chi connectivity index (χ1) is 13.5. The zero-order valence-corrected chi connectivity index (χ0v) is 15.9. The van der Waals surface area contributed by atoms with E-state index in [9.17, 15) is 14.0 Å². The number of hydrogen-bond acceptors (Lipinski definition) is 6. The van der Waals surface area contributed by atoms with Gasteiger partial charge >= 0.3 is 5.97 Å². The number of morpholine rings is 1. The van der Waals surface area contributed by atoms with Crippen LogP contribution in [-0.4, -0.2) is 59.9 Å². The molecule has 1 saturated heterocycles. The number of nitrogens with zero attached hydrogens (tertiary/aromatic N) is 3. The molecular weight excluding hydrogens is 367 g/mol. The third-order valence-corrected chi connectivity index (χ3v) is 4.47. The maximum Gasteiger partial charge on any atom is 0.311 e. The summed E-state index contributed by atoms with van der Waals surface area (Å²) in [5, 5.41) is 9.44. The van der Waals surface area contributed by atoms with Gasteiger partial charge in [-0.05, 0) is 30.7 Å². The average molecular weight is 390 g/mol. The first kappa shape index (κ1) is 19.8. The van der Waals surface area contributed by atoms with Gasteiger partial charge in [-0.1, -0.05) is 6.92 Å². The number of rotatable bonds is 6. The predicted octanol–water partition coefficient (Wildman–Crippen LogP) is 1.47. The number of aromatic nitrogens is 2. The summed E-state index contributed by atoms with van der Waals surface area (Å²) in [7, 11) is 1.29. The third-order valence-electron chi connectivity index (χ3n) is 4.47. The van der Waals surface area contributed by atoms with Crippen LogP contribution in [0.3, 0.4) is 0 Å². The molecule has 3 rings (SSSR count). The van der Waals surface area contributed by atoms with Crippen LogP contribution in [0.25, 0.3) is 5.69 Å². The van der Waals surface area contributed by atoms with E-state index in [0.717, 1.165) is 0 Å². The van der Waals surface area contributed by atoms with E-state index in [2.05, 4.69) is 10.2 Å². The first-order valence-corrected chi connectivity index (χ1v) is 9.10. The van der Waals surface area contributed by atoms with E-state index < -0.39 is 11.8 Å². The average Bonchev–Trinajstić information content (AvgIpc) is 3.03. The number of aromatic amines is 1. The van der Waals surface area contributed by atoms with Crippen molar-refractivity contribution in [2.24, 2.45) is 5.10 Å². The molecule has 0 amide bonds. The van der Waals surface area contributed by atoms with Gasteiger partial charge in [0.2, 0.25) is 0 Å². The molecular formula is C19H23FN4O4. The molecule has 0 spiro atoms. The maximum atomic E-state index is 13.3. The van der Waals surface area contributed by atoms with Crippen molar-refractivity contribution >= 4 is 11.7 Å². The Hall–Kier alpha value is -2.94. The number of hydrazone groups is 1. The predicted molar refractivity (Wildman–Crippen MR) is 101 cm³/mol. The van der Waals surface area contributed by atoms with E-state index >= 15 is 0 Å².